The number of pyridine rings is 1. The highest BCUT2D eigenvalue weighted by Crippen LogP contribution is 2.41. The summed E-state index contributed by atoms with van der Waals surface area (Å²) in [5.74, 6) is 0.0257. The SMILES string of the molecule is C[C@H](NS(=O)(=O)c1cnc(-c2c(C#N)c3cc(C#N)cnc3n2C2CCC2)nc1)C(F)(F)F. The van der Waals surface area contributed by atoms with E-state index >= 15 is 0 Å². The summed E-state index contributed by atoms with van der Waals surface area (Å²) in [5.41, 5.74) is 1.25. The Morgan fingerprint density at radius 1 is 1.15 bits per heavy atom. The first kappa shape index (κ1) is 22.6. The number of nitrogens with one attached hydrogen (secondary N) is 1. The van der Waals surface area contributed by atoms with Crippen LogP contribution >= 0.6 is 0 Å². The van der Waals surface area contributed by atoms with Crippen molar-refractivity contribution in [2.24, 2.45) is 0 Å². The third kappa shape index (κ3) is 4.01. The van der Waals surface area contributed by atoms with Crippen LogP contribution in [0, 0.1) is 22.7 Å². The van der Waals surface area contributed by atoms with Gasteiger partial charge in [0.2, 0.25) is 10.0 Å². The number of hydrogen-bond donors (Lipinski definition) is 1. The summed E-state index contributed by atoms with van der Waals surface area (Å²) >= 11 is 0. The molecule has 1 atom stereocenters. The van der Waals surface area contributed by atoms with E-state index in [1.165, 1.54) is 6.20 Å². The molecule has 1 saturated carbocycles. The molecule has 0 bridgehead atoms. The normalized spacial score (nSPS) is 15.6. The highest BCUT2D eigenvalue weighted by Gasteiger charge is 2.39. The van der Waals surface area contributed by atoms with Gasteiger partial charge in [0.25, 0.3) is 0 Å². The largest absolute Gasteiger partial charge is 0.404 e. The lowest BCUT2D eigenvalue weighted by Crippen LogP contribution is -2.43. The van der Waals surface area contributed by atoms with E-state index in [0.717, 1.165) is 31.7 Å². The number of hydrogen-bond acceptors (Lipinski definition) is 7. The van der Waals surface area contributed by atoms with Gasteiger partial charge in [-0.25, -0.2) is 23.4 Å². The van der Waals surface area contributed by atoms with Crippen molar-refractivity contribution in [1.82, 2.24) is 24.2 Å². The highest BCUT2D eigenvalue weighted by molar-refractivity contribution is 7.89. The molecular weight excluding hydrogens is 459 g/mol. The second-order valence-corrected chi connectivity index (χ2v) is 9.34. The first-order chi connectivity index (χ1) is 15.6. The highest BCUT2D eigenvalue weighted by atomic mass is 32.2. The van der Waals surface area contributed by atoms with Gasteiger partial charge in [-0.2, -0.15) is 28.4 Å². The van der Waals surface area contributed by atoms with Crippen LogP contribution in [0.1, 0.15) is 43.4 Å². The molecule has 0 unspecified atom stereocenters. The van der Waals surface area contributed by atoms with Crippen LogP contribution in [0.15, 0.2) is 29.6 Å². The van der Waals surface area contributed by atoms with Crippen LogP contribution in [0.2, 0.25) is 0 Å². The summed E-state index contributed by atoms with van der Waals surface area (Å²) in [6.07, 6.45) is 1.06. The molecule has 0 amide bonds. The van der Waals surface area contributed by atoms with E-state index in [-0.39, 0.29) is 23.0 Å². The predicted octanol–water partition coefficient (Wildman–Crippen LogP) is 3.19. The fraction of sp³-hybridized carbons (Fsp3) is 0.350. The molecule has 3 heterocycles. The Bertz CT molecular complexity index is 1410. The molecule has 1 aliphatic rings. The summed E-state index contributed by atoms with van der Waals surface area (Å²) in [5, 5.41) is 19.5. The van der Waals surface area contributed by atoms with E-state index in [1.54, 1.807) is 10.8 Å². The van der Waals surface area contributed by atoms with Crippen LogP contribution in [0.4, 0.5) is 13.2 Å². The van der Waals surface area contributed by atoms with Crippen molar-refractivity contribution in [3.05, 3.63) is 35.8 Å². The van der Waals surface area contributed by atoms with E-state index in [4.69, 9.17) is 0 Å². The Hall–Kier alpha value is -3.55. The van der Waals surface area contributed by atoms with Gasteiger partial charge >= 0.3 is 6.18 Å². The molecule has 33 heavy (non-hydrogen) atoms. The zero-order valence-electron chi connectivity index (χ0n) is 17.1. The number of nitrogens with zero attached hydrogens (tertiary/aromatic N) is 6. The zero-order valence-corrected chi connectivity index (χ0v) is 17.9. The molecular formula is C20H16F3N7O2S. The van der Waals surface area contributed by atoms with E-state index in [0.29, 0.717) is 23.7 Å². The number of nitriles is 2. The summed E-state index contributed by atoms with van der Waals surface area (Å²) in [6, 6.07) is 3.34. The lowest BCUT2D eigenvalue weighted by Gasteiger charge is -2.29. The summed E-state index contributed by atoms with van der Waals surface area (Å²) in [4.78, 5) is 11.9. The first-order valence-electron chi connectivity index (χ1n) is 9.82. The molecule has 0 aromatic carbocycles. The number of alkyl halides is 3. The maximum Gasteiger partial charge on any atom is 0.404 e. The molecule has 0 aliphatic heterocycles. The Morgan fingerprint density at radius 3 is 2.33 bits per heavy atom. The Balaban J connectivity index is 1.81. The standard InChI is InChI=1S/C20H16F3N7O2S/c1-11(20(21,22)23)29-33(31,32)14-9-26-18(27-10-14)17-16(7-25)15-5-12(6-24)8-28-19(15)30(17)13-3-2-4-13/h5,8-11,13,29H,2-4H2,1H3/t11-/m0/s1. The third-order valence-corrected chi connectivity index (χ3v) is 6.99. The minimum atomic E-state index is -4.76. The van der Waals surface area contributed by atoms with Crippen LogP contribution in [0.25, 0.3) is 22.6 Å². The van der Waals surface area contributed by atoms with Crippen LogP contribution < -0.4 is 4.72 Å². The number of halogens is 3. The van der Waals surface area contributed by atoms with Gasteiger partial charge in [-0.15, -0.1) is 0 Å². The molecule has 3 aromatic heterocycles. The number of rotatable bonds is 5. The van der Waals surface area contributed by atoms with Gasteiger partial charge in [-0.3, -0.25) is 0 Å². The quantitative estimate of drug-likeness (QED) is 0.598. The van der Waals surface area contributed by atoms with E-state index in [9.17, 15) is 32.1 Å². The van der Waals surface area contributed by atoms with Crippen molar-refractivity contribution in [3.63, 3.8) is 0 Å². The van der Waals surface area contributed by atoms with Gasteiger partial charge in [0.1, 0.15) is 34.4 Å². The molecule has 1 aliphatic carbocycles. The number of sulfonamides is 1. The molecule has 0 spiro atoms. The molecule has 3 aromatic rings. The lowest BCUT2D eigenvalue weighted by atomic mass is 9.92. The average Bonchev–Trinajstić information content (AvgIpc) is 3.04. The monoisotopic (exact) mass is 475 g/mol. The molecule has 1 N–H and O–H groups in total. The molecule has 0 saturated heterocycles. The number of aromatic nitrogens is 4. The van der Waals surface area contributed by atoms with Crippen LogP contribution in [0.5, 0.6) is 0 Å². The second kappa shape index (κ2) is 8.10. The van der Waals surface area contributed by atoms with Crippen LogP contribution in [-0.2, 0) is 10.0 Å². The smallest absolute Gasteiger partial charge is 0.318 e. The Morgan fingerprint density at radius 2 is 1.82 bits per heavy atom. The minimum absolute atomic E-state index is 0.0198. The third-order valence-electron chi connectivity index (χ3n) is 5.50. The van der Waals surface area contributed by atoms with Gasteiger partial charge in [-0.1, -0.05) is 0 Å². The molecule has 0 radical (unpaired) electrons. The van der Waals surface area contributed by atoms with Crippen LogP contribution in [-0.4, -0.2) is 40.2 Å². The molecule has 4 rings (SSSR count). The first-order valence-corrected chi connectivity index (χ1v) is 11.3. The van der Waals surface area contributed by atoms with Gasteiger partial charge < -0.3 is 4.57 Å². The van der Waals surface area contributed by atoms with Crippen molar-refractivity contribution in [3.8, 4) is 23.7 Å². The summed E-state index contributed by atoms with van der Waals surface area (Å²) < 4.78 is 66.3. The van der Waals surface area contributed by atoms with Crippen molar-refractivity contribution in [1.29, 1.82) is 10.5 Å². The molecule has 170 valence electrons. The minimum Gasteiger partial charge on any atom is -0.318 e. The fourth-order valence-corrected chi connectivity index (χ4v) is 4.64. The summed E-state index contributed by atoms with van der Waals surface area (Å²) in [6.45, 7) is 0.686. The predicted molar refractivity (Wildman–Crippen MR) is 109 cm³/mol. The summed E-state index contributed by atoms with van der Waals surface area (Å²) in [7, 11) is -4.53. The van der Waals surface area contributed by atoms with Crippen molar-refractivity contribution >= 4 is 21.1 Å². The molecule has 9 nitrogen and oxygen atoms in total. The maximum absolute atomic E-state index is 12.8. The van der Waals surface area contributed by atoms with E-state index in [1.807, 2.05) is 10.6 Å². The van der Waals surface area contributed by atoms with Gasteiger partial charge in [0.15, 0.2) is 5.82 Å². The van der Waals surface area contributed by atoms with Crippen LogP contribution in [0.3, 0.4) is 0 Å². The van der Waals surface area contributed by atoms with Gasteiger partial charge in [0.05, 0.1) is 23.5 Å². The zero-order chi connectivity index (χ0) is 24.0. The lowest BCUT2D eigenvalue weighted by molar-refractivity contribution is -0.147. The average molecular weight is 475 g/mol. The second-order valence-electron chi connectivity index (χ2n) is 7.62. The fourth-order valence-electron chi connectivity index (χ4n) is 3.53. The maximum atomic E-state index is 12.8. The number of fused-ring (bicyclic) bond motifs is 1. The van der Waals surface area contributed by atoms with Gasteiger partial charge in [0, 0.05) is 17.6 Å². The van der Waals surface area contributed by atoms with E-state index in [2.05, 4.69) is 21.0 Å². The van der Waals surface area contributed by atoms with Crippen molar-refractivity contribution in [2.75, 3.05) is 0 Å². The van der Waals surface area contributed by atoms with Crippen molar-refractivity contribution < 1.29 is 21.6 Å². The van der Waals surface area contributed by atoms with Crippen molar-refractivity contribution in [2.45, 2.75) is 49.3 Å². The topological polar surface area (TPSA) is 137 Å². The Kier molecular flexibility index (Phi) is 5.56. The Labute approximate surface area is 186 Å². The molecule has 1 fully saturated rings. The van der Waals surface area contributed by atoms with Gasteiger partial charge in [-0.05, 0) is 32.3 Å². The van der Waals surface area contributed by atoms with E-state index < -0.39 is 27.1 Å². The molecule has 13 heteroatoms.